The van der Waals surface area contributed by atoms with Crippen LogP contribution < -0.4 is 10.6 Å². The third-order valence-electron chi connectivity index (χ3n) is 4.01. The van der Waals surface area contributed by atoms with Gasteiger partial charge in [0.15, 0.2) is 0 Å². The topological polar surface area (TPSA) is 112 Å². The predicted molar refractivity (Wildman–Crippen MR) is 84.7 cm³/mol. The molecular weight excluding hydrogens is 314 g/mol. The molecule has 0 aromatic carbocycles. The Morgan fingerprint density at radius 3 is 2.79 bits per heavy atom. The van der Waals surface area contributed by atoms with E-state index in [1.54, 1.807) is 12.1 Å². The van der Waals surface area contributed by atoms with Crippen LogP contribution in [0.1, 0.15) is 32.4 Å². The molecule has 0 spiro atoms. The maximum absolute atomic E-state index is 12.3. The molecule has 1 aliphatic heterocycles. The molecule has 0 bridgehead atoms. The summed E-state index contributed by atoms with van der Waals surface area (Å²) in [5.74, 6) is -0.00350. The summed E-state index contributed by atoms with van der Waals surface area (Å²) in [6.45, 7) is 3.72. The SMILES string of the molecule is CC(C)C(CO)NC(=O)CCC1NC(=O)N(Cc2ccco2)C1=O. The smallest absolute Gasteiger partial charge is 0.325 e. The van der Waals surface area contributed by atoms with Crippen molar-refractivity contribution < 1.29 is 23.9 Å². The van der Waals surface area contributed by atoms with Gasteiger partial charge in [0.2, 0.25) is 5.91 Å². The van der Waals surface area contributed by atoms with E-state index in [1.165, 1.54) is 6.26 Å². The first-order chi connectivity index (χ1) is 11.4. The largest absolute Gasteiger partial charge is 0.467 e. The molecule has 132 valence electrons. The van der Waals surface area contributed by atoms with E-state index in [0.29, 0.717) is 5.76 Å². The number of rotatable bonds is 8. The van der Waals surface area contributed by atoms with Crippen LogP contribution in [0.4, 0.5) is 4.79 Å². The van der Waals surface area contributed by atoms with E-state index in [9.17, 15) is 19.5 Å². The van der Waals surface area contributed by atoms with Crippen LogP contribution in [0.3, 0.4) is 0 Å². The molecule has 2 atom stereocenters. The predicted octanol–water partition coefficient (Wildman–Crippen LogP) is 0.613. The lowest BCUT2D eigenvalue weighted by Crippen LogP contribution is -2.42. The quantitative estimate of drug-likeness (QED) is 0.602. The van der Waals surface area contributed by atoms with Gasteiger partial charge in [0.1, 0.15) is 11.8 Å². The van der Waals surface area contributed by atoms with Crippen molar-refractivity contribution in [2.75, 3.05) is 6.61 Å². The number of hydrogen-bond donors (Lipinski definition) is 3. The van der Waals surface area contributed by atoms with Crippen LogP contribution in [0.25, 0.3) is 0 Å². The van der Waals surface area contributed by atoms with Crippen molar-refractivity contribution in [3.8, 4) is 0 Å². The highest BCUT2D eigenvalue weighted by molar-refractivity contribution is 6.04. The van der Waals surface area contributed by atoms with E-state index in [1.807, 2.05) is 13.8 Å². The van der Waals surface area contributed by atoms with E-state index >= 15 is 0 Å². The number of aliphatic hydroxyl groups excluding tert-OH is 1. The van der Waals surface area contributed by atoms with Crippen LogP contribution in [0, 0.1) is 5.92 Å². The summed E-state index contributed by atoms with van der Waals surface area (Å²) in [6.07, 6.45) is 1.78. The highest BCUT2D eigenvalue weighted by Crippen LogP contribution is 2.15. The summed E-state index contributed by atoms with van der Waals surface area (Å²) in [7, 11) is 0. The zero-order chi connectivity index (χ0) is 17.7. The van der Waals surface area contributed by atoms with Gasteiger partial charge in [-0.1, -0.05) is 13.8 Å². The molecule has 2 rings (SSSR count). The lowest BCUT2D eigenvalue weighted by atomic mass is 10.0. The number of carbonyl (C=O) groups excluding carboxylic acids is 3. The normalized spacial score (nSPS) is 18.8. The van der Waals surface area contributed by atoms with Crippen LogP contribution >= 0.6 is 0 Å². The van der Waals surface area contributed by atoms with Gasteiger partial charge >= 0.3 is 6.03 Å². The van der Waals surface area contributed by atoms with Gasteiger partial charge in [-0.25, -0.2) is 4.79 Å². The zero-order valence-electron chi connectivity index (χ0n) is 13.8. The van der Waals surface area contributed by atoms with Gasteiger partial charge in [-0.3, -0.25) is 14.5 Å². The molecule has 8 nitrogen and oxygen atoms in total. The Bertz CT molecular complexity index is 585. The first kappa shape index (κ1) is 18.0. The molecule has 2 heterocycles. The Morgan fingerprint density at radius 2 is 2.21 bits per heavy atom. The van der Waals surface area contributed by atoms with Crippen LogP contribution in [-0.4, -0.2) is 46.5 Å². The number of nitrogens with one attached hydrogen (secondary N) is 2. The average Bonchev–Trinajstić information content (AvgIpc) is 3.14. The fourth-order valence-electron chi connectivity index (χ4n) is 2.46. The van der Waals surface area contributed by atoms with E-state index in [4.69, 9.17) is 4.42 Å². The van der Waals surface area contributed by atoms with Crippen molar-refractivity contribution >= 4 is 17.8 Å². The molecule has 4 amide bonds. The molecule has 0 aliphatic carbocycles. The number of aliphatic hydroxyl groups is 1. The maximum atomic E-state index is 12.3. The molecule has 8 heteroatoms. The van der Waals surface area contributed by atoms with E-state index in [2.05, 4.69) is 10.6 Å². The summed E-state index contributed by atoms with van der Waals surface area (Å²) in [6, 6.07) is 1.84. The van der Waals surface area contributed by atoms with Gasteiger partial charge in [-0.2, -0.15) is 0 Å². The minimum atomic E-state index is -0.718. The number of imide groups is 1. The third-order valence-corrected chi connectivity index (χ3v) is 4.01. The fourth-order valence-corrected chi connectivity index (χ4v) is 2.46. The van der Waals surface area contributed by atoms with Gasteiger partial charge in [-0.15, -0.1) is 0 Å². The number of nitrogens with zero attached hydrogens (tertiary/aromatic N) is 1. The molecule has 2 unspecified atom stereocenters. The van der Waals surface area contributed by atoms with E-state index < -0.39 is 12.1 Å². The first-order valence-corrected chi connectivity index (χ1v) is 7.96. The van der Waals surface area contributed by atoms with E-state index in [-0.39, 0.29) is 49.8 Å². The van der Waals surface area contributed by atoms with Crippen molar-refractivity contribution in [2.45, 2.75) is 45.3 Å². The lowest BCUT2D eigenvalue weighted by Gasteiger charge is -2.20. The molecule has 1 saturated heterocycles. The second kappa shape index (κ2) is 7.96. The molecule has 1 aromatic heterocycles. The van der Waals surface area contributed by atoms with Gasteiger partial charge in [-0.05, 0) is 24.5 Å². The maximum Gasteiger partial charge on any atom is 0.325 e. The van der Waals surface area contributed by atoms with Gasteiger partial charge in [0, 0.05) is 6.42 Å². The molecule has 24 heavy (non-hydrogen) atoms. The summed E-state index contributed by atoms with van der Waals surface area (Å²) >= 11 is 0. The van der Waals surface area contributed by atoms with Crippen LogP contribution in [0.15, 0.2) is 22.8 Å². The standard InChI is InChI=1S/C16H23N3O5/c1-10(2)13(9-20)17-14(21)6-5-12-15(22)19(16(23)18-12)8-11-4-3-7-24-11/h3-4,7,10,12-13,20H,5-6,8-9H2,1-2H3,(H,17,21)(H,18,23). The molecule has 1 aromatic rings. The Kier molecular flexibility index (Phi) is 5.97. The van der Waals surface area contributed by atoms with Crippen LogP contribution in [-0.2, 0) is 16.1 Å². The minimum Gasteiger partial charge on any atom is -0.467 e. The van der Waals surface area contributed by atoms with Gasteiger partial charge in [0.25, 0.3) is 5.91 Å². The number of carbonyl (C=O) groups is 3. The van der Waals surface area contributed by atoms with Crippen molar-refractivity contribution in [3.05, 3.63) is 24.2 Å². The molecule has 3 N–H and O–H groups in total. The summed E-state index contributed by atoms with van der Waals surface area (Å²) in [5, 5.41) is 14.5. The van der Waals surface area contributed by atoms with Gasteiger partial charge < -0.3 is 20.2 Å². The molecule has 1 aliphatic rings. The Balaban J connectivity index is 1.84. The second-order valence-corrected chi connectivity index (χ2v) is 6.15. The van der Waals surface area contributed by atoms with Crippen LogP contribution in [0.5, 0.6) is 0 Å². The number of hydrogen-bond acceptors (Lipinski definition) is 5. The molecule has 0 radical (unpaired) electrons. The lowest BCUT2D eigenvalue weighted by molar-refractivity contribution is -0.128. The number of amides is 4. The first-order valence-electron chi connectivity index (χ1n) is 7.96. The van der Waals surface area contributed by atoms with Gasteiger partial charge in [0.05, 0.1) is 25.5 Å². The van der Waals surface area contributed by atoms with E-state index in [0.717, 1.165) is 4.90 Å². The Labute approximate surface area is 140 Å². The zero-order valence-corrected chi connectivity index (χ0v) is 13.8. The average molecular weight is 337 g/mol. The highest BCUT2D eigenvalue weighted by Gasteiger charge is 2.38. The Hall–Kier alpha value is -2.35. The van der Waals surface area contributed by atoms with Crippen molar-refractivity contribution in [3.63, 3.8) is 0 Å². The van der Waals surface area contributed by atoms with Crippen LogP contribution in [0.2, 0.25) is 0 Å². The highest BCUT2D eigenvalue weighted by atomic mass is 16.3. The van der Waals surface area contributed by atoms with Crippen molar-refractivity contribution in [2.24, 2.45) is 5.92 Å². The Morgan fingerprint density at radius 1 is 1.46 bits per heavy atom. The summed E-state index contributed by atoms with van der Waals surface area (Å²) in [4.78, 5) is 37.2. The molecule has 1 fully saturated rings. The second-order valence-electron chi connectivity index (χ2n) is 6.15. The number of furan rings is 1. The van der Waals surface area contributed by atoms with Crippen molar-refractivity contribution in [1.29, 1.82) is 0 Å². The minimum absolute atomic E-state index is 0.0697. The van der Waals surface area contributed by atoms with Crippen molar-refractivity contribution in [1.82, 2.24) is 15.5 Å². The summed E-state index contributed by atoms with van der Waals surface area (Å²) in [5.41, 5.74) is 0. The summed E-state index contributed by atoms with van der Waals surface area (Å²) < 4.78 is 5.14. The molecule has 0 saturated carbocycles. The molecular formula is C16H23N3O5. The number of urea groups is 1. The fraction of sp³-hybridized carbons (Fsp3) is 0.562. The third kappa shape index (κ3) is 4.35. The monoisotopic (exact) mass is 337 g/mol.